The summed E-state index contributed by atoms with van der Waals surface area (Å²) < 4.78 is 5.84. The van der Waals surface area contributed by atoms with E-state index in [2.05, 4.69) is 15.3 Å². The van der Waals surface area contributed by atoms with Crippen LogP contribution < -0.4 is 15.7 Å². The predicted octanol–water partition coefficient (Wildman–Crippen LogP) is 3.09. The molecule has 0 atom stereocenters. The molecule has 8 heteroatoms. The number of para-hydroxylation sites is 1. The van der Waals surface area contributed by atoms with Crippen LogP contribution >= 0.6 is 22.9 Å². The van der Waals surface area contributed by atoms with Crippen molar-refractivity contribution in [2.75, 3.05) is 7.11 Å². The van der Waals surface area contributed by atoms with Crippen LogP contribution in [0.5, 0.6) is 5.75 Å². The third kappa shape index (κ3) is 4.07. The number of aromatic nitrogens is 2. The van der Waals surface area contributed by atoms with Gasteiger partial charge in [-0.05, 0) is 24.3 Å². The molecule has 0 spiro atoms. The number of nitrogens with zero attached hydrogens (tertiary/aromatic N) is 1. The first-order valence-electron chi connectivity index (χ1n) is 7.34. The summed E-state index contributed by atoms with van der Waals surface area (Å²) in [5, 5.41) is 2.74. The number of rotatable bonds is 5. The number of aromatic amines is 1. The van der Waals surface area contributed by atoms with Crippen molar-refractivity contribution in [3.05, 3.63) is 68.5 Å². The van der Waals surface area contributed by atoms with Crippen LogP contribution in [0, 0.1) is 0 Å². The Bertz CT molecular complexity index is 968. The number of halogens is 1. The van der Waals surface area contributed by atoms with Crippen molar-refractivity contribution in [2.45, 2.75) is 6.54 Å². The van der Waals surface area contributed by atoms with Crippen LogP contribution in [-0.4, -0.2) is 23.0 Å². The van der Waals surface area contributed by atoms with Crippen molar-refractivity contribution in [1.82, 2.24) is 15.3 Å². The Kier molecular flexibility index (Phi) is 5.16. The maximum absolute atomic E-state index is 12.4. The van der Waals surface area contributed by atoms with Gasteiger partial charge in [0.05, 0.1) is 22.0 Å². The van der Waals surface area contributed by atoms with Crippen LogP contribution in [-0.2, 0) is 6.54 Å². The lowest BCUT2D eigenvalue weighted by molar-refractivity contribution is 0.0945. The van der Waals surface area contributed by atoms with Crippen LogP contribution in [0.4, 0.5) is 0 Å². The molecule has 0 radical (unpaired) electrons. The second kappa shape index (κ2) is 7.50. The number of benzene rings is 1. The lowest BCUT2D eigenvalue weighted by atomic mass is 10.2. The monoisotopic (exact) mass is 375 g/mol. The SMILES string of the molecule is COc1ccccc1CNC(=O)c1cc(-c2ccc(Cl)s2)[nH]c(=O)n1. The topological polar surface area (TPSA) is 84.1 Å². The second-order valence-corrected chi connectivity index (χ2v) is 6.80. The third-order valence-corrected chi connectivity index (χ3v) is 4.71. The molecule has 0 unspecified atom stereocenters. The molecular weight excluding hydrogens is 362 g/mol. The smallest absolute Gasteiger partial charge is 0.346 e. The third-order valence-electron chi connectivity index (χ3n) is 3.45. The first-order valence-corrected chi connectivity index (χ1v) is 8.53. The molecule has 2 aromatic heterocycles. The van der Waals surface area contributed by atoms with E-state index in [1.807, 2.05) is 24.3 Å². The van der Waals surface area contributed by atoms with E-state index in [1.165, 1.54) is 17.4 Å². The molecule has 0 saturated heterocycles. The molecule has 3 rings (SSSR count). The van der Waals surface area contributed by atoms with Crippen LogP contribution in [0.1, 0.15) is 16.1 Å². The lowest BCUT2D eigenvalue weighted by Gasteiger charge is -2.09. The van der Waals surface area contributed by atoms with Crippen molar-refractivity contribution >= 4 is 28.8 Å². The minimum atomic E-state index is -0.593. The highest BCUT2D eigenvalue weighted by atomic mass is 35.5. The standard InChI is InChI=1S/C17H14ClN3O3S/c1-24-13-5-3-2-4-10(13)9-19-16(22)12-8-11(20-17(23)21-12)14-6-7-15(18)25-14/h2-8H,9H2,1H3,(H,19,22)(H,20,21,23). The normalized spacial score (nSPS) is 10.5. The quantitative estimate of drug-likeness (QED) is 0.717. The van der Waals surface area contributed by atoms with Crippen molar-refractivity contribution in [3.8, 4) is 16.3 Å². The highest BCUT2D eigenvalue weighted by Gasteiger charge is 2.13. The number of carbonyl (C=O) groups excluding carboxylic acids is 1. The Labute approximate surface area is 152 Å². The van der Waals surface area contributed by atoms with Gasteiger partial charge in [0.25, 0.3) is 5.91 Å². The molecule has 25 heavy (non-hydrogen) atoms. The number of methoxy groups -OCH3 is 1. The van der Waals surface area contributed by atoms with Gasteiger partial charge in [-0.3, -0.25) is 4.79 Å². The fourth-order valence-corrected chi connectivity index (χ4v) is 3.30. The number of H-pyrrole nitrogens is 1. The van der Waals surface area contributed by atoms with Gasteiger partial charge < -0.3 is 15.0 Å². The Hall–Kier alpha value is -2.64. The number of thiophene rings is 1. The van der Waals surface area contributed by atoms with Gasteiger partial charge in [-0.25, -0.2) is 4.79 Å². The molecular formula is C17H14ClN3O3S. The minimum Gasteiger partial charge on any atom is -0.496 e. The van der Waals surface area contributed by atoms with Crippen LogP contribution in [0.15, 0.2) is 47.3 Å². The molecule has 0 saturated carbocycles. The number of hydrogen-bond acceptors (Lipinski definition) is 5. The Morgan fingerprint density at radius 1 is 1.32 bits per heavy atom. The van der Waals surface area contributed by atoms with Gasteiger partial charge in [0.1, 0.15) is 11.4 Å². The van der Waals surface area contributed by atoms with Gasteiger partial charge in [-0.1, -0.05) is 29.8 Å². The minimum absolute atomic E-state index is 0.0400. The molecule has 2 heterocycles. The van der Waals surface area contributed by atoms with E-state index in [9.17, 15) is 9.59 Å². The number of amides is 1. The number of nitrogens with one attached hydrogen (secondary N) is 2. The van der Waals surface area contributed by atoms with Gasteiger partial charge in [0.2, 0.25) is 0 Å². The highest BCUT2D eigenvalue weighted by Crippen LogP contribution is 2.29. The first-order chi connectivity index (χ1) is 12.1. The van der Waals surface area contributed by atoms with E-state index in [-0.39, 0.29) is 12.2 Å². The predicted molar refractivity (Wildman–Crippen MR) is 97.3 cm³/mol. The summed E-state index contributed by atoms with van der Waals surface area (Å²) in [6.45, 7) is 0.261. The van der Waals surface area contributed by atoms with Crippen LogP contribution in [0.2, 0.25) is 4.34 Å². The zero-order chi connectivity index (χ0) is 17.8. The summed E-state index contributed by atoms with van der Waals surface area (Å²) in [6.07, 6.45) is 0. The summed E-state index contributed by atoms with van der Waals surface area (Å²) in [5.74, 6) is 0.233. The molecule has 0 bridgehead atoms. The van der Waals surface area contributed by atoms with Gasteiger partial charge in [-0.2, -0.15) is 4.98 Å². The lowest BCUT2D eigenvalue weighted by Crippen LogP contribution is -2.27. The molecule has 6 nitrogen and oxygen atoms in total. The zero-order valence-electron chi connectivity index (χ0n) is 13.2. The summed E-state index contributed by atoms with van der Waals surface area (Å²) in [4.78, 5) is 31.2. The van der Waals surface area contributed by atoms with Crippen molar-refractivity contribution < 1.29 is 9.53 Å². The second-order valence-electron chi connectivity index (χ2n) is 5.08. The largest absolute Gasteiger partial charge is 0.496 e. The first kappa shape index (κ1) is 17.2. The fraction of sp³-hybridized carbons (Fsp3) is 0.118. The molecule has 0 aliphatic rings. The summed E-state index contributed by atoms with van der Waals surface area (Å²) in [6, 6.07) is 12.4. The van der Waals surface area contributed by atoms with E-state index in [1.54, 1.807) is 19.2 Å². The van der Waals surface area contributed by atoms with E-state index in [0.717, 1.165) is 10.4 Å². The average Bonchev–Trinajstić information content (AvgIpc) is 3.06. The van der Waals surface area contributed by atoms with Gasteiger partial charge in [-0.15, -0.1) is 11.3 Å². The molecule has 1 aromatic carbocycles. The van der Waals surface area contributed by atoms with Gasteiger partial charge in [0, 0.05) is 12.1 Å². The molecule has 0 fully saturated rings. The van der Waals surface area contributed by atoms with E-state index < -0.39 is 11.6 Å². The van der Waals surface area contributed by atoms with E-state index in [4.69, 9.17) is 16.3 Å². The van der Waals surface area contributed by atoms with Crippen LogP contribution in [0.25, 0.3) is 10.6 Å². The van der Waals surface area contributed by atoms with Gasteiger partial charge in [0.15, 0.2) is 0 Å². The molecule has 2 N–H and O–H groups in total. The number of hydrogen-bond donors (Lipinski definition) is 2. The number of carbonyl (C=O) groups is 1. The van der Waals surface area contributed by atoms with E-state index in [0.29, 0.717) is 15.8 Å². The summed E-state index contributed by atoms with van der Waals surface area (Å²) in [5.41, 5.74) is 0.774. The molecule has 3 aromatic rings. The van der Waals surface area contributed by atoms with E-state index >= 15 is 0 Å². The maximum Gasteiger partial charge on any atom is 0.346 e. The maximum atomic E-state index is 12.4. The Balaban J connectivity index is 1.80. The molecule has 128 valence electrons. The summed E-state index contributed by atoms with van der Waals surface area (Å²) in [7, 11) is 1.57. The molecule has 0 aliphatic heterocycles. The van der Waals surface area contributed by atoms with Crippen molar-refractivity contribution in [3.63, 3.8) is 0 Å². The van der Waals surface area contributed by atoms with Crippen molar-refractivity contribution in [1.29, 1.82) is 0 Å². The average molecular weight is 376 g/mol. The Morgan fingerprint density at radius 3 is 2.84 bits per heavy atom. The van der Waals surface area contributed by atoms with Crippen LogP contribution in [0.3, 0.4) is 0 Å². The zero-order valence-corrected chi connectivity index (χ0v) is 14.8. The van der Waals surface area contributed by atoms with Crippen molar-refractivity contribution in [2.24, 2.45) is 0 Å². The molecule has 1 amide bonds. The Morgan fingerprint density at radius 2 is 2.12 bits per heavy atom. The fourth-order valence-electron chi connectivity index (χ4n) is 2.28. The highest BCUT2D eigenvalue weighted by molar-refractivity contribution is 7.19. The summed E-state index contributed by atoms with van der Waals surface area (Å²) >= 11 is 7.22. The molecule has 0 aliphatic carbocycles. The van der Waals surface area contributed by atoms with Gasteiger partial charge >= 0.3 is 5.69 Å². The number of ether oxygens (including phenoxy) is 1.